The van der Waals surface area contributed by atoms with Gasteiger partial charge in [0.2, 0.25) is 0 Å². The highest BCUT2D eigenvalue weighted by atomic mass is 127. The molecule has 0 fully saturated rings. The van der Waals surface area contributed by atoms with E-state index in [-0.39, 0.29) is 0 Å². The van der Waals surface area contributed by atoms with Gasteiger partial charge in [-0.15, -0.1) is 0 Å². The first-order chi connectivity index (χ1) is 11.7. The summed E-state index contributed by atoms with van der Waals surface area (Å²) < 4.78 is 5.79. The van der Waals surface area contributed by atoms with Crippen LogP contribution in [0.1, 0.15) is 0 Å². The lowest BCUT2D eigenvalue weighted by molar-refractivity contribution is -0.401. The first-order valence-corrected chi connectivity index (χ1v) is 7.53. The molecule has 0 saturated heterocycles. The highest BCUT2D eigenvalue weighted by Gasteiger charge is 2.30. The van der Waals surface area contributed by atoms with Gasteiger partial charge in [-0.3, -0.25) is 30.3 Å². The van der Waals surface area contributed by atoms with Gasteiger partial charge in [0.25, 0.3) is 5.69 Å². The largest absolute Gasteiger partial charge is 0.497 e. The Morgan fingerprint density at radius 3 is 1.92 bits per heavy atom. The highest BCUT2D eigenvalue weighted by Crippen LogP contribution is 2.40. The molecular weight excluding hydrogens is 451 g/mol. The number of nitrogens with zero attached hydrogens (tertiary/aromatic N) is 3. The van der Waals surface area contributed by atoms with Gasteiger partial charge in [0.15, 0.2) is 5.69 Å². The van der Waals surface area contributed by atoms with Crippen molar-refractivity contribution in [2.45, 2.75) is 0 Å². The minimum absolute atomic E-state index is 0.295. The number of hydrogen-bond acceptors (Lipinski definition) is 8. The number of benzene rings is 2. The van der Waals surface area contributed by atoms with E-state index in [9.17, 15) is 30.3 Å². The molecule has 2 rings (SSSR count). The van der Waals surface area contributed by atoms with Crippen molar-refractivity contribution in [3.63, 3.8) is 0 Å². The smallest absolute Gasteiger partial charge is 0.306 e. The van der Waals surface area contributed by atoms with Gasteiger partial charge in [0, 0.05) is 15.3 Å². The lowest BCUT2D eigenvalue weighted by Gasteiger charge is -2.10. The summed E-state index contributed by atoms with van der Waals surface area (Å²) in [5.41, 5.74) is -2.46. The van der Waals surface area contributed by atoms with Crippen molar-refractivity contribution in [1.82, 2.24) is 0 Å². The Morgan fingerprint density at radius 1 is 0.920 bits per heavy atom. The maximum absolute atomic E-state index is 11.2. The van der Waals surface area contributed by atoms with Crippen LogP contribution in [0.2, 0.25) is 0 Å². The quantitative estimate of drug-likeness (QED) is 0.389. The van der Waals surface area contributed by atoms with Crippen LogP contribution in [0.4, 0.5) is 28.4 Å². The predicted molar refractivity (Wildman–Crippen MR) is 95.4 cm³/mol. The maximum Gasteiger partial charge on any atom is 0.306 e. The molecule has 0 saturated carbocycles. The van der Waals surface area contributed by atoms with Crippen molar-refractivity contribution >= 4 is 51.0 Å². The molecule has 0 heterocycles. The number of rotatable bonds is 6. The highest BCUT2D eigenvalue weighted by molar-refractivity contribution is 14.1. The van der Waals surface area contributed by atoms with Crippen molar-refractivity contribution in [3.8, 4) is 5.75 Å². The Kier molecular flexibility index (Phi) is 5.31. The second kappa shape index (κ2) is 7.25. The van der Waals surface area contributed by atoms with E-state index in [0.717, 1.165) is 0 Å². The number of methoxy groups -OCH3 is 1. The number of anilines is 2. The van der Waals surface area contributed by atoms with Gasteiger partial charge < -0.3 is 10.1 Å². The molecule has 0 aromatic heterocycles. The lowest BCUT2D eigenvalue weighted by atomic mass is 10.2. The summed E-state index contributed by atoms with van der Waals surface area (Å²) in [6, 6.07) is 6.08. The second-order valence-corrected chi connectivity index (χ2v) is 5.88. The zero-order valence-electron chi connectivity index (χ0n) is 12.5. The summed E-state index contributed by atoms with van der Waals surface area (Å²) in [7, 11) is 1.42. The fraction of sp³-hybridized carbons (Fsp3) is 0.0769. The molecule has 0 bridgehead atoms. The Labute approximate surface area is 153 Å². The fourth-order valence-electron chi connectivity index (χ4n) is 2.02. The first kappa shape index (κ1) is 18.3. The van der Waals surface area contributed by atoms with Crippen LogP contribution >= 0.6 is 22.6 Å². The summed E-state index contributed by atoms with van der Waals surface area (Å²) in [6.07, 6.45) is 0. The monoisotopic (exact) mass is 460 g/mol. The molecule has 11 nitrogen and oxygen atoms in total. The van der Waals surface area contributed by atoms with E-state index in [4.69, 9.17) is 4.74 Å². The molecule has 0 amide bonds. The molecule has 0 atom stereocenters. The number of nitro groups is 3. The summed E-state index contributed by atoms with van der Waals surface area (Å²) in [6.45, 7) is 0. The van der Waals surface area contributed by atoms with Crippen LogP contribution in [0.25, 0.3) is 0 Å². The van der Waals surface area contributed by atoms with E-state index in [1.807, 2.05) is 22.6 Å². The zero-order chi connectivity index (χ0) is 18.7. The van der Waals surface area contributed by atoms with Gasteiger partial charge in [-0.25, -0.2) is 0 Å². The third-order valence-corrected chi connectivity index (χ3v) is 3.68. The molecule has 0 spiro atoms. The summed E-state index contributed by atoms with van der Waals surface area (Å²) in [4.78, 5) is 30.6. The van der Waals surface area contributed by atoms with Crippen molar-refractivity contribution < 1.29 is 19.5 Å². The van der Waals surface area contributed by atoms with Gasteiger partial charge in [-0.1, -0.05) is 0 Å². The number of non-ortho nitro benzene ring substituents is 1. The summed E-state index contributed by atoms with van der Waals surface area (Å²) >= 11 is 1.98. The topological polar surface area (TPSA) is 151 Å². The number of hydrogen-bond donors (Lipinski definition) is 1. The SMILES string of the molecule is COc1cc(I)cc(Nc2c([N+](=O)[O-])cc([N+](=O)[O-])cc2[N+](=O)[O-])c1. The Bertz CT molecular complexity index is 852. The van der Waals surface area contributed by atoms with E-state index in [2.05, 4.69) is 5.32 Å². The second-order valence-electron chi connectivity index (χ2n) is 4.64. The number of nitrogens with one attached hydrogen (secondary N) is 1. The Balaban J connectivity index is 2.66. The van der Waals surface area contributed by atoms with Crippen LogP contribution in [0, 0.1) is 33.9 Å². The van der Waals surface area contributed by atoms with E-state index in [1.165, 1.54) is 13.2 Å². The molecule has 0 aliphatic heterocycles. The zero-order valence-corrected chi connectivity index (χ0v) is 14.6. The molecule has 1 N–H and O–H groups in total. The minimum Gasteiger partial charge on any atom is -0.497 e. The first-order valence-electron chi connectivity index (χ1n) is 6.45. The van der Waals surface area contributed by atoms with Crippen molar-refractivity contribution in [1.29, 1.82) is 0 Å². The van der Waals surface area contributed by atoms with Crippen molar-refractivity contribution in [2.75, 3.05) is 12.4 Å². The predicted octanol–water partition coefficient (Wildman–Crippen LogP) is 3.77. The normalized spacial score (nSPS) is 10.2. The Morgan fingerprint density at radius 2 is 1.48 bits per heavy atom. The van der Waals surface area contributed by atoms with Gasteiger partial charge in [-0.2, -0.15) is 0 Å². The van der Waals surface area contributed by atoms with Gasteiger partial charge in [0.05, 0.1) is 34.0 Å². The molecular formula is C13H9IN4O7. The molecule has 12 heteroatoms. The van der Waals surface area contributed by atoms with E-state index in [0.29, 0.717) is 27.1 Å². The minimum atomic E-state index is -0.932. The Hall–Kier alpha value is -3.03. The molecule has 0 aliphatic carbocycles. The third-order valence-electron chi connectivity index (χ3n) is 3.06. The lowest BCUT2D eigenvalue weighted by Crippen LogP contribution is -2.04. The molecule has 0 radical (unpaired) electrons. The van der Waals surface area contributed by atoms with Gasteiger partial charge in [-0.05, 0) is 34.7 Å². The number of halogens is 1. The summed E-state index contributed by atoms with van der Waals surface area (Å²) in [5, 5.41) is 36.0. The average molecular weight is 460 g/mol. The van der Waals surface area contributed by atoms with Crippen LogP contribution in [-0.2, 0) is 0 Å². The fourth-order valence-corrected chi connectivity index (χ4v) is 2.66. The van der Waals surface area contributed by atoms with Crippen LogP contribution < -0.4 is 10.1 Å². The molecule has 0 aliphatic rings. The van der Waals surface area contributed by atoms with Gasteiger partial charge >= 0.3 is 11.4 Å². The van der Waals surface area contributed by atoms with E-state index < -0.39 is 37.5 Å². The van der Waals surface area contributed by atoms with Crippen molar-refractivity contribution in [2.24, 2.45) is 0 Å². The molecule has 2 aromatic rings. The maximum atomic E-state index is 11.2. The number of ether oxygens (including phenoxy) is 1. The summed E-state index contributed by atoms with van der Waals surface area (Å²) in [5.74, 6) is 0.432. The molecule has 25 heavy (non-hydrogen) atoms. The van der Waals surface area contributed by atoms with Crippen LogP contribution in [0.5, 0.6) is 5.75 Å². The van der Waals surface area contributed by atoms with Gasteiger partial charge in [0.1, 0.15) is 5.75 Å². The van der Waals surface area contributed by atoms with Crippen molar-refractivity contribution in [3.05, 3.63) is 64.2 Å². The van der Waals surface area contributed by atoms with E-state index in [1.54, 1.807) is 12.1 Å². The third kappa shape index (κ3) is 4.09. The van der Waals surface area contributed by atoms with E-state index >= 15 is 0 Å². The standard InChI is InChI=1S/C13H9IN4O7/c1-25-10-3-7(14)2-8(4-10)15-13-11(17(21)22)5-9(16(19)20)6-12(13)18(23)24/h2-6,15H,1H3. The molecule has 2 aromatic carbocycles. The van der Waals surface area contributed by atoms with Crippen LogP contribution in [0.3, 0.4) is 0 Å². The average Bonchev–Trinajstić information content (AvgIpc) is 2.53. The van der Waals surface area contributed by atoms with Crippen LogP contribution in [0.15, 0.2) is 30.3 Å². The molecule has 130 valence electrons. The van der Waals surface area contributed by atoms with Crippen LogP contribution in [-0.4, -0.2) is 21.9 Å². The number of nitro benzene ring substituents is 3. The molecule has 0 unspecified atom stereocenters.